The smallest absolute Gasteiger partial charge is 0.187 e. The third-order valence-electron chi connectivity index (χ3n) is 1.63. The number of halogens is 1. The molecule has 0 spiro atoms. The number of allylic oxidation sites excluding steroid dienone is 1. The molecule has 0 radical (unpaired) electrons. The molecule has 0 amide bonds. The van der Waals surface area contributed by atoms with E-state index in [2.05, 4.69) is 22.6 Å². The van der Waals surface area contributed by atoms with E-state index < -0.39 is 0 Å². The highest BCUT2D eigenvalue weighted by atomic mass is 127. The second-order valence-electron chi connectivity index (χ2n) is 3.15. The quantitative estimate of drug-likeness (QED) is 0.486. The SMILES string of the molecule is CN(C)/C=C/C(=O)c1cccc(I)c1. The van der Waals surface area contributed by atoms with Gasteiger partial charge in [-0.05, 0) is 34.7 Å². The highest BCUT2D eigenvalue weighted by Crippen LogP contribution is 2.08. The summed E-state index contributed by atoms with van der Waals surface area (Å²) in [5, 5.41) is 0. The summed E-state index contributed by atoms with van der Waals surface area (Å²) in [6, 6.07) is 7.55. The van der Waals surface area contributed by atoms with Gasteiger partial charge in [0, 0.05) is 35.5 Å². The summed E-state index contributed by atoms with van der Waals surface area (Å²) in [5.74, 6) is 0.0391. The topological polar surface area (TPSA) is 20.3 Å². The molecule has 0 bridgehead atoms. The molecular weight excluding hydrogens is 289 g/mol. The lowest BCUT2D eigenvalue weighted by molar-refractivity contribution is 0.104. The number of rotatable bonds is 3. The summed E-state index contributed by atoms with van der Waals surface area (Å²) in [4.78, 5) is 13.4. The van der Waals surface area contributed by atoms with E-state index in [0.29, 0.717) is 0 Å². The van der Waals surface area contributed by atoms with Crippen LogP contribution in [0.25, 0.3) is 0 Å². The molecule has 0 heterocycles. The van der Waals surface area contributed by atoms with E-state index in [4.69, 9.17) is 0 Å². The van der Waals surface area contributed by atoms with Gasteiger partial charge in [0.25, 0.3) is 0 Å². The molecule has 0 unspecified atom stereocenters. The van der Waals surface area contributed by atoms with Crippen LogP contribution in [0, 0.1) is 3.57 Å². The Labute approximate surface area is 97.7 Å². The zero-order valence-corrected chi connectivity index (χ0v) is 10.4. The Hall–Kier alpha value is -0.840. The van der Waals surface area contributed by atoms with Crippen molar-refractivity contribution in [2.45, 2.75) is 0 Å². The third-order valence-corrected chi connectivity index (χ3v) is 2.30. The second-order valence-corrected chi connectivity index (χ2v) is 4.40. The van der Waals surface area contributed by atoms with Gasteiger partial charge in [0.15, 0.2) is 5.78 Å². The first-order valence-corrected chi connectivity index (χ1v) is 5.32. The average molecular weight is 301 g/mol. The first-order valence-electron chi connectivity index (χ1n) is 4.24. The van der Waals surface area contributed by atoms with Crippen molar-refractivity contribution < 1.29 is 4.79 Å². The molecule has 1 rings (SSSR count). The van der Waals surface area contributed by atoms with Gasteiger partial charge in [0.2, 0.25) is 0 Å². The Morgan fingerprint density at radius 3 is 2.71 bits per heavy atom. The molecule has 2 nitrogen and oxygen atoms in total. The molecule has 14 heavy (non-hydrogen) atoms. The molecule has 0 aliphatic heterocycles. The monoisotopic (exact) mass is 301 g/mol. The fourth-order valence-corrected chi connectivity index (χ4v) is 1.50. The summed E-state index contributed by atoms with van der Waals surface area (Å²) < 4.78 is 1.08. The van der Waals surface area contributed by atoms with Crippen LogP contribution in [-0.2, 0) is 0 Å². The van der Waals surface area contributed by atoms with Gasteiger partial charge in [0.05, 0.1) is 0 Å². The van der Waals surface area contributed by atoms with Gasteiger partial charge in [-0.2, -0.15) is 0 Å². The predicted molar refractivity (Wildman–Crippen MR) is 66.3 cm³/mol. The Morgan fingerprint density at radius 1 is 1.43 bits per heavy atom. The maximum absolute atomic E-state index is 11.6. The van der Waals surface area contributed by atoms with Crippen molar-refractivity contribution >= 4 is 28.4 Å². The van der Waals surface area contributed by atoms with E-state index in [1.807, 2.05) is 43.3 Å². The number of carbonyl (C=O) groups is 1. The van der Waals surface area contributed by atoms with Crippen molar-refractivity contribution in [1.82, 2.24) is 4.90 Å². The molecule has 1 aromatic rings. The van der Waals surface area contributed by atoms with E-state index >= 15 is 0 Å². The molecule has 0 aliphatic rings. The maximum atomic E-state index is 11.6. The van der Waals surface area contributed by atoms with Crippen LogP contribution < -0.4 is 0 Å². The molecule has 74 valence electrons. The van der Waals surface area contributed by atoms with Crippen molar-refractivity contribution in [3.05, 3.63) is 45.7 Å². The number of nitrogens with zero attached hydrogens (tertiary/aromatic N) is 1. The van der Waals surface area contributed by atoms with E-state index in [-0.39, 0.29) is 5.78 Å². The lowest BCUT2D eigenvalue weighted by Gasteiger charge is -2.02. The zero-order chi connectivity index (χ0) is 10.6. The van der Waals surface area contributed by atoms with Crippen LogP contribution in [0.4, 0.5) is 0 Å². The Morgan fingerprint density at radius 2 is 2.14 bits per heavy atom. The van der Waals surface area contributed by atoms with Crippen LogP contribution in [-0.4, -0.2) is 24.8 Å². The van der Waals surface area contributed by atoms with Gasteiger partial charge in [0.1, 0.15) is 0 Å². The van der Waals surface area contributed by atoms with Crippen LogP contribution in [0.2, 0.25) is 0 Å². The first-order chi connectivity index (χ1) is 6.59. The molecule has 0 saturated heterocycles. The summed E-state index contributed by atoms with van der Waals surface area (Å²) in [6.45, 7) is 0. The van der Waals surface area contributed by atoms with Gasteiger partial charge in [-0.25, -0.2) is 0 Å². The highest BCUT2D eigenvalue weighted by Gasteiger charge is 2.00. The molecule has 0 N–H and O–H groups in total. The van der Waals surface area contributed by atoms with Gasteiger partial charge < -0.3 is 4.90 Å². The Kier molecular flexibility index (Phi) is 4.13. The van der Waals surface area contributed by atoms with Crippen LogP contribution in [0.3, 0.4) is 0 Å². The van der Waals surface area contributed by atoms with Gasteiger partial charge in [-0.1, -0.05) is 12.1 Å². The number of benzene rings is 1. The molecule has 3 heteroatoms. The minimum absolute atomic E-state index is 0.0391. The number of hydrogen-bond donors (Lipinski definition) is 0. The van der Waals surface area contributed by atoms with Gasteiger partial charge in [-0.3, -0.25) is 4.79 Å². The first kappa shape index (κ1) is 11.2. The van der Waals surface area contributed by atoms with Crippen LogP contribution in [0.15, 0.2) is 36.5 Å². The second kappa shape index (κ2) is 5.14. The van der Waals surface area contributed by atoms with Crippen molar-refractivity contribution in [3.8, 4) is 0 Å². The van der Waals surface area contributed by atoms with Crippen LogP contribution in [0.5, 0.6) is 0 Å². The minimum atomic E-state index is 0.0391. The van der Waals surface area contributed by atoms with Crippen LogP contribution in [0.1, 0.15) is 10.4 Å². The van der Waals surface area contributed by atoms with E-state index in [1.54, 1.807) is 12.3 Å². The zero-order valence-electron chi connectivity index (χ0n) is 8.20. The molecule has 0 fully saturated rings. The highest BCUT2D eigenvalue weighted by molar-refractivity contribution is 14.1. The van der Waals surface area contributed by atoms with Gasteiger partial charge in [-0.15, -0.1) is 0 Å². The fraction of sp³-hybridized carbons (Fsp3) is 0.182. The maximum Gasteiger partial charge on any atom is 0.187 e. The fourth-order valence-electron chi connectivity index (χ4n) is 0.955. The standard InChI is InChI=1S/C11H12INO/c1-13(2)7-6-11(14)9-4-3-5-10(12)8-9/h3-8H,1-2H3/b7-6+. The summed E-state index contributed by atoms with van der Waals surface area (Å²) in [6.07, 6.45) is 3.33. The third kappa shape index (κ3) is 3.49. The lowest BCUT2D eigenvalue weighted by atomic mass is 10.1. The van der Waals surface area contributed by atoms with Crippen molar-refractivity contribution in [3.63, 3.8) is 0 Å². The predicted octanol–water partition coefficient (Wildman–Crippen LogP) is 2.55. The number of hydrogen-bond acceptors (Lipinski definition) is 2. The normalized spacial score (nSPS) is 10.5. The summed E-state index contributed by atoms with van der Waals surface area (Å²) in [7, 11) is 3.77. The Bertz CT molecular complexity index is 358. The molecule has 1 aromatic carbocycles. The lowest BCUT2D eigenvalue weighted by Crippen LogP contribution is -2.03. The van der Waals surface area contributed by atoms with Crippen molar-refractivity contribution in [2.75, 3.05) is 14.1 Å². The molecule has 0 aliphatic carbocycles. The largest absolute Gasteiger partial charge is 0.383 e. The van der Waals surface area contributed by atoms with E-state index in [9.17, 15) is 4.79 Å². The van der Waals surface area contributed by atoms with E-state index in [1.165, 1.54) is 0 Å². The number of ketones is 1. The molecular formula is C11H12INO. The Balaban J connectivity index is 2.80. The van der Waals surface area contributed by atoms with Crippen LogP contribution >= 0.6 is 22.6 Å². The van der Waals surface area contributed by atoms with Crippen molar-refractivity contribution in [1.29, 1.82) is 0 Å². The number of carbonyl (C=O) groups excluding carboxylic acids is 1. The minimum Gasteiger partial charge on any atom is -0.383 e. The molecule has 0 atom stereocenters. The average Bonchev–Trinajstić information content (AvgIpc) is 2.14. The molecule has 0 aromatic heterocycles. The molecule has 0 saturated carbocycles. The van der Waals surface area contributed by atoms with Gasteiger partial charge >= 0.3 is 0 Å². The van der Waals surface area contributed by atoms with E-state index in [0.717, 1.165) is 9.13 Å². The summed E-state index contributed by atoms with van der Waals surface area (Å²) in [5.41, 5.74) is 0.731. The summed E-state index contributed by atoms with van der Waals surface area (Å²) >= 11 is 2.19. The van der Waals surface area contributed by atoms with Crippen molar-refractivity contribution in [2.24, 2.45) is 0 Å².